The second-order valence-corrected chi connectivity index (χ2v) is 10.3. The second kappa shape index (κ2) is 6.22. The van der Waals surface area contributed by atoms with Gasteiger partial charge in [-0.25, -0.2) is 0 Å². The van der Waals surface area contributed by atoms with Crippen molar-refractivity contribution in [3.63, 3.8) is 0 Å². The number of hydrogen-bond donors (Lipinski definition) is 1. The molecule has 1 rings (SSSR count). The van der Waals surface area contributed by atoms with Crippen molar-refractivity contribution in [1.29, 1.82) is 0 Å². The molecule has 0 aromatic heterocycles. The van der Waals surface area contributed by atoms with Crippen molar-refractivity contribution in [3.8, 4) is 11.8 Å². The molecule has 0 radical (unpaired) electrons. The van der Waals surface area contributed by atoms with Crippen LogP contribution >= 0.6 is 0 Å². The SMILES string of the molecule is CCCCC#C[C@](C)(O)[Si](C)(C)c1ccccc1. The molecule has 98 valence electrons. The van der Waals surface area contributed by atoms with Crippen LogP contribution in [0.25, 0.3) is 0 Å². The van der Waals surface area contributed by atoms with Crippen molar-refractivity contribution < 1.29 is 5.11 Å². The molecule has 0 aliphatic heterocycles. The third-order valence-electron chi connectivity index (χ3n) is 3.70. The van der Waals surface area contributed by atoms with Crippen molar-refractivity contribution in [3.05, 3.63) is 30.3 Å². The van der Waals surface area contributed by atoms with Gasteiger partial charge in [-0.3, -0.25) is 0 Å². The van der Waals surface area contributed by atoms with Crippen LogP contribution in [0.2, 0.25) is 13.1 Å². The maximum absolute atomic E-state index is 10.7. The molecule has 0 saturated carbocycles. The van der Waals surface area contributed by atoms with Gasteiger partial charge in [-0.1, -0.05) is 67.9 Å². The zero-order valence-corrected chi connectivity index (χ0v) is 13.0. The van der Waals surface area contributed by atoms with E-state index in [2.05, 4.69) is 44.0 Å². The molecule has 0 amide bonds. The van der Waals surface area contributed by atoms with E-state index in [0.29, 0.717) is 0 Å². The van der Waals surface area contributed by atoms with Gasteiger partial charge in [0.1, 0.15) is 13.3 Å². The van der Waals surface area contributed by atoms with Gasteiger partial charge in [0.05, 0.1) is 0 Å². The van der Waals surface area contributed by atoms with Gasteiger partial charge < -0.3 is 5.11 Å². The van der Waals surface area contributed by atoms with Crippen molar-refractivity contribution >= 4 is 13.3 Å². The molecular formula is C16H24OSi. The lowest BCUT2D eigenvalue weighted by atomic mass is 10.2. The number of benzene rings is 1. The molecule has 0 saturated heterocycles. The van der Waals surface area contributed by atoms with Gasteiger partial charge >= 0.3 is 0 Å². The Balaban J connectivity index is 2.91. The monoisotopic (exact) mass is 260 g/mol. The Morgan fingerprint density at radius 3 is 2.39 bits per heavy atom. The number of aliphatic hydroxyl groups is 1. The van der Waals surface area contributed by atoms with Crippen LogP contribution in [-0.2, 0) is 0 Å². The lowest BCUT2D eigenvalue weighted by Gasteiger charge is -2.34. The van der Waals surface area contributed by atoms with Gasteiger partial charge in [0, 0.05) is 6.42 Å². The molecule has 0 fully saturated rings. The minimum Gasteiger partial charge on any atom is -0.381 e. The molecule has 2 heteroatoms. The number of hydrogen-bond acceptors (Lipinski definition) is 1. The van der Waals surface area contributed by atoms with Crippen LogP contribution in [0.15, 0.2) is 30.3 Å². The molecule has 1 aromatic carbocycles. The Hall–Kier alpha value is -1.04. The average Bonchev–Trinajstić information content (AvgIpc) is 2.35. The summed E-state index contributed by atoms with van der Waals surface area (Å²) in [6, 6.07) is 10.3. The minimum absolute atomic E-state index is 0.873. The Bertz CT molecular complexity index is 423. The van der Waals surface area contributed by atoms with Gasteiger partial charge in [0.2, 0.25) is 0 Å². The highest BCUT2D eigenvalue weighted by Gasteiger charge is 2.41. The van der Waals surface area contributed by atoms with Gasteiger partial charge in [-0.2, -0.15) is 0 Å². The van der Waals surface area contributed by atoms with Gasteiger partial charge in [0.25, 0.3) is 0 Å². The summed E-state index contributed by atoms with van der Waals surface area (Å²) in [5.74, 6) is 6.24. The van der Waals surface area contributed by atoms with Gasteiger partial charge in [-0.15, -0.1) is 5.92 Å². The van der Waals surface area contributed by atoms with Crippen LogP contribution in [0, 0.1) is 11.8 Å². The number of unbranched alkanes of at least 4 members (excludes halogenated alkanes) is 2. The van der Waals surface area contributed by atoms with Crippen LogP contribution < -0.4 is 5.19 Å². The van der Waals surface area contributed by atoms with E-state index in [9.17, 15) is 5.11 Å². The maximum atomic E-state index is 10.7. The standard InChI is InChI=1S/C16H24OSi/c1-5-6-7-11-14-16(2,17)18(3,4)15-12-9-8-10-13-15/h8-10,12-13,17H,5-7H2,1-4H3/t16-/m1/s1. The summed E-state index contributed by atoms with van der Waals surface area (Å²) in [6.45, 7) is 8.38. The molecule has 1 N–H and O–H groups in total. The van der Waals surface area contributed by atoms with E-state index < -0.39 is 13.3 Å². The second-order valence-electron chi connectivity index (χ2n) is 5.47. The maximum Gasteiger partial charge on any atom is 0.131 e. The molecule has 0 unspecified atom stereocenters. The highest BCUT2D eigenvalue weighted by molar-refractivity contribution is 6.92. The van der Waals surface area contributed by atoms with Crippen LogP contribution in [0.4, 0.5) is 0 Å². The van der Waals surface area contributed by atoms with E-state index in [4.69, 9.17) is 0 Å². The van der Waals surface area contributed by atoms with E-state index in [1.165, 1.54) is 5.19 Å². The fourth-order valence-electron chi connectivity index (χ4n) is 1.79. The summed E-state index contributed by atoms with van der Waals surface area (Å²) >= 11 is 0. The molecule has 1 aromatic rings. The first-order chi connectivity index (χ1) is 8.42. The summed E-state index contributed by atoms with van der Waals surface area (Å²) in [5.41, 5.74) is 0. The van der Waals surface area contributed by atoms with Crippen molar-refractivity contribution in [2.24, 2.45) is 0 Å². The summed E-state index contributed by atoms with van der Waals surface area (Å²) < 4.78 is 0. The third-order valence-corrected chi connectivity index (χ3v) is 8.04. The van der Waals surface area contributed by atoms with E-state index in [0.717, 1.165) is 19.3 Å². The smallest absolute Gasteiger partial charge is 0.131 e. The molecule has 1 atom stereocenters. The van der Waals surface area contributed by atoms with Gasteiger partial charge in [-0.05, 0) is 13.3 Å². The van der Waals surface area contributed by atoms with Crippen LogP contribution in [0.3, 0.4) is 0 Å². The first-order valence-electron chi connectivity index (χ1n) is 6.69. The van der Waals surface area contributed by atoms with Crippen molar-refractivity contribution in [2.45, 2.75) is 51.4 Å². The summed E-state index contributed by atoms with van der Waals surface area (Å²) in [4.78, 5) is 0. The van der Waals surface area contributed by atoms with Crippen LogP contribution in [0.1, 0.15) is 33.1 Å². The average molecular weight is 260 g/mol. The third kappa shape index (κ3) is 3.47. The Morgan fingerprint density at radius 2 is 1.83 bits per heavy atom. The molecular weight excluding hydrogens is 236 g/mol. The van der Waals surface area contributed by atoms with Crippen molar-refractivity contribution in [2.75, 3.05) is 0 Å². The predicted molar refractivity (Wildman–Crippen MR) is 81.5 cm³/mol. The highest BCUT2D eigenvalue weighted by Crippen LogP contribution is 2.19. The van der Waals surface area contributed by atoms with Gasteiger partial charge in [0.15, 0.2) is 0 Å². The van der Waals surface area contributed by atoms with Crippen LogP contribution in [-0.4, -0.2) is 18.4 Å². The topological polar surface area (TPSA) is 20.2 Å². The largest absolute Gasteiger partial charge is 0.381 e. The summed E-state index contributed by atoms with van der Waals surface area (Å²) in [5, 5.41) is 11.1. The normalized spacial score (nSPS) is 14.5. The molecule has 0 aliphatic rings. The van der Waals surface area contributed by atoms with E-state index in [-0.39, 0.29) is 0 Å². The minimum atomic E-state index is -1.99. The molecule has 18 heavy (non-hydrogen) atoms. The van der Waals surface area contributed by atoms with E-state index in [1.54, 1.807) is 0 Å². The molecule has 1 nitrogen and oxygen atoms in total. The fourth-order valence-corrected chi connectivity index (χ4v) is 3.78. The van der Waals surface area contributed by atoms with Crippen molar-refractivity contribution in [1.82, 2.24) is 0 Å². The predicted octanol–water partition coefficient (Wildman–Crippen LogP) is 3.09. The molecule has 0 aliphatic carbocycles. The molecule has 0 spiro atoms. The Labute approximate surface area is 112 Å². The van der Waals surface area contributed by atoms with E-state index >= 15 is 0 Å². The lowest BCUT2D eigenvalue weighted by Crippen LogP contribution is -2.60. The summed E-state index contributed by atoms with van der Waals surface area (Å²) in [6.07, 6.45) is 3.14. The van der Waals surface area contributed by atoms with Crippen LogP contribution in [0.5, 0.6) is 0 Å². The quantitative estimate of drug-likeness (QED) is 0.501. The lowest BCUT2D eigenvalue weighted by molar-refractivity contribution is 0.198. The first-order valence-corrected chi connectivity index (χ1v) is 9.69. The molecule has 0 bridgehead atoms. The van der Waals surface area contributed by atoms with E-state index in [1.807, 2.05) is 25.1 Å². The summed E-state index contributed by atoms with van der Waals surface area (Å²) in [7, 11) is -1.99. The first kappa shape index (κ1) is 15.0. The highest BCUT2D eigenvalue weighted by atomic mass is 28.3. The Kier molecular flexibility index (Phi) is 5.19. The Morgan fingerprint density at radius 1 is 1.22 bits per heavy atom. The number of rotatable bonds is 4. The zero-order chi connectivity index (χ0) is 13.6. The molecule has 0 heterocycles. The fraction of sp³-hybridized carbons (Fsp3) is 0.500. The zero-order valence-electron chi connectivity index (χ0n) is 12.0.